The van der Waals surface area contributed by atoms with Crippen molar-refractivity contribution in [1.82, 2.24) is 0 Å². The van der Waals surface area contributed by atoms with Crippen LogP contribution in [-0.2, 0) is 9.47 Å². The number of ether oxygens (including phenoxy) is 3. The van der Waals surface area contributed by atoms with Gasteiger partial charge in [0.2, 0.25) is 0 Å². The summed E-state index contributed by atoms with van der Waals surface area (Å²) in [4.78, 5) is 0. The molecule has 0 bridgehead atoms. The highest BCUT2D eigenvalue weighted by Crippen LogP contribution is 2.25. The van der Waals surface area contributed by atoms with Crippen LogP contribution in [0.15, 0.2) is 36.4 Å². The molecule has 0 N–H and O–H groups in total. The van der Waals surface area contributed by atoms with Crippen LogP contribution in [0.3, 0.4) is 0 Å². The van der Waals surface area contributed by atoms with Crippen molar-refractivity contribution in [1.29, 1.82) is 0 Å². The van der Waals surface area contributed by atoms with Crippen LogP contribution in [0.4, 0.5) is 17.6 Å². The third-order valence-corrected chi connectivity index (χ3v) is 3.96. The van der Waals surface area contributed by atoms with Crippen molar-refractivity contribution in [2.75, 3.05) is 19.5 Å². The lowest BCUT2D eigenvalue weighted by molar-refractivity contribution is -0.274. The van der Waals surface area contributed by atoms with E-state index < -0.39 is 24.2 Å². The third kappa shape index (κ3) is 6.54. The molecule has 0 aromatic heterocycles. The number of allylic oxidation sites excluding steroid dienone is 2. The molecule has 1 aromatic carbocycles. The van der Waals surface area contributed by atoms with Gasteiger partial charge in [-0.05, 0) is 30.0 Å². The van der Waals surface area contributed by atoms with Gasteiger partial charge >= 0.3 is 6.36 Å². The van der Waals surface area contributed by atoms with Crippen molar-refractivity contribution in [3.63, 3.8) is 0 Å². The molecule has 24 heavy (non-hydrogen) atoms. The molecule has 8 heteroatoms. The predicted octanol–water partition coefficient (Wildman–Crippen LogP) is 4.40. The Morgan fingerprint density at radius 2 is 1.88 bits per heavy atom. The number of benzene rings is 1. The number of thioether (sulfide) groups is 1. The molecular formula is C16H16F4O3S. The number of alkyl halides is 3. The van der Waals surface area contributed by atoms with E-state index in [9.17, 15) is 17.6 Å². The van der Waals surface area contributed by atoms with Gasteiger partial charge in [-0.2, -0.15) is 11.8 Å². The van der Waals surface area contributed by atoms with E-state index in [4.69, 9.17) is 9.47 Å². The Hall–Kier alpha value is -1.51. The van der Waals surface area contributed by atoms with Gasteiger partial charge in [-0.1, -0.05) is 18.2 Å². The molecule has 0 spiro atoms. The topological polar surface area (TPSA) is 27.7 Å². The quantitative estimate of drug-likeness (QED) is 0.572. The first-order valence-electron chi connectivity index (χ1n) is 7.03. The Bertz CT molecular complexity index is 593. The first-order chi connectivity index (χ1) is 11.4. The van der Waals surface area contributed by atoms with Crippen molar-refractivity contribution < 1.29 is 31.8 Å². The van der Waals surface area contributed by atoms with E-state index in [1.165, 1.54) is 6.08 Å². The van der Waals surface area contributed by atoms with Gasteiger partial charge in [-0.15, -0.1) is 13.2 Å². The molecule has 0 atom stereocenters. The Kier molecular flexibility index (Phi) is 6.70. The fourth-order valence-corrected chi connectivity index (χ4v) is 2.37. The molecular weight excluding hydrogens is 348 g/mol. The number of rotatable bonds is 5. The van der Waals surface area contributed by atoms with Crippen LogP contribution >= 0.6 is 11.8 Å². The SMILES string of the molecule is CSC1COC(C=CC=Cc2cc(F)cc(OC(F)(F)F)c2)OC1. The second-order valence-corrected chi connectivity index (χ2v) is 6.04. The molecule has 0 saturated carbocycles. The van der Waals surface area contributed by atoms with Crippen LogP contribution in [0.5, 0.6) is 5.75 Å². The summed E-state index contributed by atoms with van der Waals surface area (Å²) in [5, 5.41) is 0.310. The fourth-order valence-electron chi connectivity index (χ4n) is 1.94. The molecule has 2 rings (SSSR count). The minimum Gasteiger partial charge on any atom is -0.406 e. The molecule has 1 saturated heterocycles. The predicted molar refractivity (Wildman–Crippen MR) is 84.3 cm³/mol. The first-order valence-corrected chi connectivity index (χ1v) is 8.32. The maximum absolute atomic E-state index is 13.3. The molecule has 1 heterocycles. The molecule has 0 radical (unpaired) electrons. The molecule has 0 unspecified atom stereocenters. The van der Waals surface area contributed by atoms with E-state index in [2.05, 4.69) is 4.74 Å². The maximum atomic E-state index is 13.3. The van der Waals surface area contributed by atoms with Crippen LogP contribution in [-0.4, -0.2) is 37.4 Å². The largest absolute Gasteiger partial charge is 0.573 e. The van der Waals surface area contributed by atoms with E-state index in [-0.39, 0.29) is 5.56 Å². The highest BCUT2D eigenvalue weighted by molar-refractivity contribution is 7.99. The van der Waals surface area contributed by atoms with Crippen LogP contribution in [0, 0.1) is 5.82 Å². The van der Waals surface area contributed by atoms with Crippen LogP contribution in [0.1, 0.15) is 5.56 Å². The van der Waals surface area contributed by atoms with Gasteiger partial charge < -0.3 is 14.2 Å². The zero-order valence-electron chi connectivity index (χ0n) is 12.8. The van der Waals surface area contributed by atoms with Gasteiger partial charge in [-0.25, -0.2) is 4.39 Å². The van der Waals surface area contributed by atoms with Crippen molar-refractivity contribution in [2.24, 2.45) is 0 Å². The lowest BCUT2D eigenvalue weighted by atomic mass is 10.2. The summed E-state index contributed by atoms with van der Waals surface area (Å²) in [5.41, 5.74) is 0.242. The second-order valence-electron chi connectivity index (χ2n) is 4.90. The van der Waals surface area contributed by atoms with Gasteiger partial charge in [0.15, 0.2) is 6.29 Å². The standard InChI is InChI=1S/C16H16F4O3S/c1-24-14-9-21-15(22-10-14)5-3-2-4-11-6-12(17)8-13(7-11)23-16(18,19)20/h2-8,14-15H,9-10H2,1H3. The smallest absolute Gasteiger partial charge is 0.406 e. The summed E-state index contributed by atoms with van der Waals surface area (Å²) >= 11 is 1.66. The van der Waals surface area contributed by atoms with Crippen molar-refractivity contribution in [3.05, 3.63) is 47.8 Å². The van der Waals surface area contributed by atoms with Gasteiger partial charge in [0.25, 0.3) is 0 Å². The molecule has 1 fully saturated rings. The highest BCUT2D eigenvalue weighted by Gasteiger charge is 2.31. The third-order valence-electron chi connectivity index (χ3n) is 3.02. The monoisotopic (exact) mass is 364 g/mol. The first kappa shape index (κ1) is 18.8. The van der Waals surface area contributed by atoms with Gasteiger partial charge in [0.05, 0.1) is 18.5 Å². The zero-order chi connectivity index (χ0) is 17.6. The van der Waals surface area contributed by atoms with Crippen LogP contribution < -0.4 is 4.74 Å². The van der Waals surface area contributed by atoms with Crippen molar-refractivity contribution in [3.8, 4) is 5.75 Å². The lowest BCUT2D eigenvalue weighted by Crippen LogP contribution is -2.32. The van der Waals surface area contributed by atoms with Gasteiger partial charge in [0.1, 0.15) is 11.6 Å². The summed E-state index contributed by atoms with van der Waals surface area (Å²) in [6, 6.07) is 2.87. The molecule has 132 valence electrons. The maximum Gasteiger partial charge on any atom is 0.573 e. The minimum absolute atomic E-state index is 0.242. The second kappa shape index (κ2) is 8.55. The zero-order valence-corrected chi connectivity index (χ0v) is 13.6. The average molecular weight is 364 g/mol. The van der Waals surface area contributed by atoms with E-state index in [1.807, 2.05) is 6.26 Å². The molecule has 1 aliphatic rings. The number of halogens is 4. The molecule has 0 amide bonds. The van der Waals surface area contributed by atoms with Crippen molar-refractivity contribution >= 4 is 17.8 Å². The fraction of sp³-hybridized carbons (Fsp3) is 0.375. The summed E-state index contributed by atoms with van der Waals surface area (Å²) in [6.45, 7) is 1.17. The Morgan fingerprint density at radius 1 is 1.17 bits per heavy atom. The van der Waals surface area contributed by atoms with Crippen LogP contribution in [0.25, 0.3) is 6.08 Å². The summed E-state index contributed by atoms with van der Waals surface area (Å²) in [6.07, 6.45) is 2.95. The summed E-state index contributed by atoms with van der Waals surface area (Å²) < 4.78 is 64.5. The molecule has 1 aliphatic heterocycles. The minimum atomic E-state index is -4.86. The number of hydrogen-bond acceptors (Lipinski definition) is 4. The molecule has 1 aromatic rings. The van der Waals surface area contributed by atoms with Crippen LogP contribution in [0.2, 0.25) is 0 Å². The Labute approximate surface area is 141 Å². The van der Waals surface area contributed by atoms with E-state index >= 15 is 0 Å². The normalized spacial score (nSPS) is 22.4. The van der Waals surface area contributed by atoms with E-state index in [1.54, 1.807) is 30.0 Å². The average Bonchev–Trinajstić information content (AvgIpc) is 2.50. The molecule has 3 nitrogen and oxygen atoms in total. The van der Waals surface area contributed by atoms with Gasteiger partial charge in [-0.3, -0.25) is 0 Å². The van der Waals surface area contributed by atoms with Crippen molar-refractivity contribution in [2.45, 2.75) is 17.9 Å². The van der Waals surface area contributed by atoms with E-state index in [0.717, 1.165) is 12.1 Å². The highest BCUT2D eigenvalue weighted by atomic mass is 32.2. The van der Waals surface area contributed by atoms with Gasteiger partial charge in [0, 0.05) is 6.07 Å². The Balaban J connectivity index is 1.93. The molecule has 0 aliphatic carbocycles. The lowest BCUT2D eigenvalue weighted by Gasteiger charge is -2.26. The van der Waals surface area contributed by atoms with E-state index in [0.29, 0.717) is 24.5 Å². The summed E-state index contributed by atoms with van der Waals surface area (Å²) in [5.74, 6) is -1.42. The number of hydrogen-bond donors (Lipinski definition) is 0. The Morgan fingerprint density at radius 3 is 2.50 bits per heavy atom. The summed E-state index contributed by atoms with van der Waals surface area (Å²) in [7, 11) is 0.